The van der Waals surface area contributed by atoms with Crippen molar-refractivity contribution in [3.63, 3.8) is 0 Å². The quantitative estimate of drug-likeness (QED) is 0.130. The van der Waals surface area contributed by atoms with E-state index in [1.807, 2.05) is 24.3 Å². The Kier molecular flexibility index (Phi) is 11.3. The summed E-state index contributed by atoms with van der Waals surface area (Å²) in [4.78, 5) is 7.08. The Morgan fingerprint density at radius 2 is 0.571 bits per heavy atom. The van der Waals surface area contributed by atoms with E-state index in [1.54, 1.807) is 0 Å². The van der Waals surface area contributed by atoms with E-state index in [2.05, 4.69) is 260 Å². The van der Waals surface area contributed by atoms with E-state index in [1.165, 1.54) is 61.2 Å². The van der Waals surface area contributed by atoms with Gasteiger partial charge in [0, 0.05) is 22.6 Å². The summed E-state index contributed by atoms with van der Waals surface area (Å²) in [6.45, 7) is 0. The average Bonchev–Trinajstić information content (AvgIpc) is 3.89. The molecule has 0 saturated heterocycles. The van der Waals surface area contributed by atoms with Gasteiger partial charge in [0.1, 0.15) is 5.52 Å². The van der Waals surface area contributed by atoms with Crippen molar-refractivity contribution < 1.29 is 4.42 Å². The second kappa shape index (κ2) is 18.8. The summed E-state index contributed by atoms with van der Waals surface area (Å²) in [5, 5.41) is 0. The summed E-state index contributed by atoms with van der Waals surface area (Å²) in [5.74, 6) is 0.622. The number of aromatic nitrogens is 1. The summed E-state index contributed by atoms with van der Waals surface area (Å²) in [6.07, 6.45) is 0. The molecule has 0 N–H and O–H groups in total. The van der Waals surface area contributed by atoms with Crippen LogP contribution in [0.25, 0.3) is 100 Å². The minimum absolute atomic E-state index is 0.622. The van der Waals surface area contributed by atoms with Gasteiger partial charge in [-0.1, -0.05) is 206 Å². The number of hydrogen-bond donors (Lipinski definition) is 0. The fourth-order valence-electron chi connectivity index (χ4n) is 9.59. The number of para-hydroxylation sites is 2. The number of nitrogens with zero attached hydrogens (tertiary/aromatic N) is 2. The molecule has 0 bridgehead atoms. The Bertz CT molecular complexity index is 3570. The highest BCUT2D eigenvalue weighted by atomic mass is 16.3. The van der Waals surface area contributed by atoms with Crippen molar-refractivity contribution in [1.29, 1.82) is 0 Å². The van der Waals surface area contributed by atoms with Gasteiger partial charge in [-0.25, -0.2) is 4.98 Å². The van der Waals surface area contributed by atoms with E-state index >= 15 is 0 Å². The lowest BCUT2D eigenvalue weighted by molar-refractivity contribution is 0.620. The van der Waals surface area contributed by atoms with Crippen LogP contribution < -0.4 is 4.90 Å². The van der Waals surface area contributed by atoms with Crippen molar-refractivity contribution in [1.82, 2.24) is 4.98 Å². The highest BCUT2D eigenvalue weighted by Gasteiger charge is 2.17. The standard InChI is InChI=1S/C67H46N2O/c1-3-15-47(16-4-1)54-19-13-21-56(45-54)49-33-39-58(40-34-49)69(59-41-35-50(36-42-59)57-22-14-20-55(46-57)48-17-5-2-6-18-48)60-43-37-52(38-44-60)62-24-8-10-26-64(62)63-25-9-7-23-61(63)51-29-31-53(32-30-51)67-68-65-27-11-12-28-66(65)70-67/h1-46H. The molecule has 0 unspecified atom stereocenters. The lowest BCUT2D eigenvalue weighted by atomic mass is 9.89. The molecule has 1 heterocycles. The molecule has 12 aromatic rings. The number of benzene rings is 11. The highest BCUT2D eigenvalue weighted by Crippen LogP contribution is 2.42. The molecule has 0 spiro atoms. The van der Waals surface area contributed by atoms with E-state index in [-0.39, 0.29) is 0 Å². The SMILES string of the molecule is c1ccc(-c2cccc(-c3ccc(N(c4ccc(-c5cccc(-c6ccccc6)c5)cc4)c4ccc(-c5ccccc5-c5ccccc5-c5ccc(-c6nc7ccccc7o6)cc5)cc4)cc3)c2)cc1. The lowest BCUT2D eigenvalue weighted by Crippen LogP contribution is -2.09. The van der Waals surface area contributed by atoms with Crippen molar-refractivity contribution in [3.8, 4) is 89.3 Å². The Labute approximate surface area is 408 Å². The molecule has 70 heavy (non-hydrogen) atoms. The van der Waals surface area contributed by atoms with E-state index < -0.39 is 0 Å². The molecule has 0 fully saturated rings. The van der Waals surface area contributed by atoms with Crippen LogP contribution >= 0.6 is 0 Å². The zero-order valence-corrected chi connectivity index (χ0v) is 38.4. The number of rotatable bonds is 11. The Balaban J connectivity index is 0.880. The molecular weight excluding hydrogens is 849 g/mol. The van der Waals surface area contributed by atoms with Crippen LogP contribution in [0.1, 0.15) is 0 Å². The molecule has 1 aromatic heterocycles. The van der Waals surface area contributed by atoms with Crippen LogP contribution in [0.5, 0.6) is 0 Å². The summed E-state index contributed by atoms with van der Waals surface area (Å²) in [6, 6.07) is 99.4. The van der Waals surface area contributed by atoms with Gasteiger partial charge < -0.3 is 9.32 Å². The molecule has 12 rings (SSSR count). The normalized spacial score (nSPS) is 11.1. The van der Waals surface area contributed by atoms with Crippen LogP contribution in [-0.4, -0.2) is 4.98 Å². The smallest absolute Gasteiger partial charge is 0.227 e. The molecule has 330 valence electrons. The maximum Gasteiger partial charge on any atom is 0.227 e. The van der Waals surface area contributed by atoms with Crippen molar-refractivity contribution in [2.24, 2.45) is 0 Å². The first-order valence-electron chi connectivity index (χ1n) is 23.8. The van der Waals surface area contributed by atoms with Gasteiger partial charge in [-0.3, -0.25) is 0 Å². The van der Waals surface area contributed by atoms with E-state index in [0.717, 1.165) is 50.4 Å². The van der Waals surface area contributed by atoms with Gasteiger partial charge in [-0.05, 0) is 151 Å². The summed E-state index contributed by atoms with van der Waals surface area (Å²) in [7, 11) is 0. The van der Waals surface area contributed by atoms with Gasteiger partial charge in [0.05, 0.1) is 0 Å². The Morgan fingerprint density at radius 3 is 1.01 bits per heavy atom. The average molecular weight is 895 g/mol. The Morgan fingerprint density at radius 1 is 0.243 bits per heavy atom. The fourth-order valence-corrected chi connectivity index (χ4v) is 9.59. The first-order chi connectivity index (χ1) is 34.7. The number of anilines is 3. The first kappa shape index (κ1) is 42.1. The van der Waals surface area contributed by atoms with E-state index in [4.69, 9.17) is 9.40 Å². The summed E-state index contributed by atoms with van der Waals surface area (Å²) in [5.41, 5.74) is 22.3. The van der Waals surface area contributed by atoms with Crippen LogP contribution in [0.4, 0.5) is 17.1 Å². The maximum absolute atomic E-state index is 6.09. The molecule has 0 aliphatic rings. The van der Waals surface area contributed by atoms with Crippen LogP contribution in [0.15, 0.2) is 283 Å². The zero-order chi connectivity index (χ0) is 46.6. The minimum atomic E-state index is 0.622. The predicted octanol–water partition coefficient (Wildman–Crippen LogP) is 18.6. The molecule has 11 aromatic carbocycles. The fraction of sp³-hybridized carbons (Fsp3) is 0. The topological polar surface area (TPSA) is 29.3 Å². The van der Waals surface area contributed by atoms with Gasteiger partial charge >= 0.3 is 0 Å². The predicted molar refractivity (Wildman–Crippen MR) is 292 cm³/mol. The van der Waals surface area contributed by atoms with Gasteiger partial charge in [0.25, 0.3) is 0 Å². The van der Waals surface area contributed by atoms with E-state index in [0.29, 0.717) is 5.89 Å². The molecule has 0 aliphatic heterocycles. The molecular formula is C67H46N2O. The monoisotopic (exact) mass is 894 g/mol. The number of hydrogen-bond acceptors (Lipinski definition) is 3. The molecule has 0 atom stereocenters. The third-order valence-corrected chi connectivity index (χ3v) is 13.2. The third kappa shape index (κ3) is 8.49. The minimum Gasteiger partial charge on any atom is -0.436 e. The molecule has 0 radical (unpaired) electrons. The van der Waals surface area contributed by atoms with Crippen molar-refractivity contribution in [2.75, 3.05) is 4.90 Å². The van der Waals surface area contributed by atoms with Crippen molar-refractivity contribution >= 4 is 28.2 Å². The summed E-state index contributed by atoms with van der Waals surface area (Å²) >= 11 is 0. The van der Waals surface area contributed by atoms with Gasteiger partial charge in [0.2, 0.25) is 5.89 Å². The number of fused-ring (bicyclic) bond motifs is 1. The number of oxazole rings is 1. The van der Waals surface area contributed by atoms with Crippen LogP contribution in [-0.2, 0) is 0 Å². The molecule has 0 aliphatic carbocycles. The van der Waals surface area contributed by atoms with Crippen LogP contribution in [0.3, 0.4) is 0 Å². The van der Waals surface area contributed by atoms with Gasteiger partial charge in [-0.2, -0.15) is 0 Å². The molecule has 0 saturated carbocycles. The second-order valence-electron chi connectivity index (χ2n) is 17.5. The molecule has 3 nitrogen and oxygen atoms in total. The first-order valence-corrected chi connectivity index (χ1v) is 23.8. The maximum atomic E-state index is 6.09. The van der Waals surface area contributed by atoms with Gasteiger partial charge in [-0.15, -0.1) is 0 Å². The third-order valence-electron chi connectivity index (χ3n) is 13.2. The zero-order valence-electron chi connectivity index (χ0n) is 38.4. The lowest BCUT2D eigenvalue weighted by Gasteiger charge is -2.26. The summed E-state index contributed by atoms with van der Waals surface area (Å²) < 4.78 is 6.09. The molecule has 0 amide bonds. The van der Waals surface area contributed by atoms with E-state index in [9.17, 15) is 0 Å². The second-order valence-corrected chi connectivity index (χ2v) is 17.5. The van der Waals surface area contributed by atoms with Crippen molar-refractivity contribution in [3.05, 3.63) is 279 Å². The molecule has 3 heteroatoms. The van der Waals surface area contributed by atoms with Crippen molar-refractivity contribution in [2.45, 2.75) is 0 Å². The Hall–Kier alpha value is -9.31. The van der Waals surface area contributed by atoms with Gasteiger partial charge in [0.15, 0.2) is 5.58 Å². The largest absolute Gasteiger partial charge is 0.436 e. The van der Waals surface area contributed by atoms with Crippen LogP contribution in [0, 0.1) is 0 Å². The van der Waals surface area contributed by atoms with Crippen LogP contribution in [0.2, 0.25) is 0 Å². The highest BCUT2D eigenvalue weighted by molar-refractivity contribution is 5.93.